The van der Waals surface area contributed by atoms with Gasteiger partial charge in [0.25, 0.3) is 5.91 Å². The molecule has 1 aromatic heterocycles. The zero-order chi connectivity index (χ0) is 18.5. The monoisotopic (exact) mass is 399 g/mol. The number of benzene rings is 1. The Morgan fingerprint density at radius 3 is 2.89 bits per heavy atom. The number of rotatable bonds is 4. The summed E-state index contributed by atoms with van der Waals surface area (Å²) in [5, 5.41) is 0. The van der Waals surface area contributed by atoms with E-state index in [2.05, 4.69) is 6.92 Å². The van der Waals surface area contributed by atoms with Gasteiger partial charge < -0.3 is 13.9 Å². The molecule has 3 aliphatic rings. The molecule has 0 unspecified atom stereocenters. The summed E-state index contributed by atoms with van der Waals surface area (Å²) in [6.45, 7) is 2.85. The third kappa shape index (κ3) is 3.15. The second-order valence-electron chi connectivity index (χ2n) is 7.02. The number of hydrogen-bond donors (Lipinski definition) is 0. The standard InChI is InChI=1S/C20H17NO4S2/c1-11-6-14(11)15-5-3-13(25-15)8-18-19(22)21(20(26)27-18)9-12-2-4-16-17(7-12)24-10-23-16/h2-5,7-8,11,14H,6,9-10H2,1H3/b18-8-/t11-,14-/m1/s1. The molecule has 2 fully saturated rings. The van der Waals surface area contributed by atoms with Crippen LogP contribution < -0.4 is 9.47 Å². The minimum atomic E-state index is -0.0968. The first-order valence-electron chi connectivity index (χ1n) is 8.82. The van der Waals surface area contributed by atoms with Crippen molar-refractivity contribution >= 4 is 40.3 Å². The lowest BCUT2D eigenvalue weighted by molar-refractivity contribution is -0.122. The molecule has 5 nitrogen and oxygen atoms in total. The fourth-order valence-electron chi connectivity index (χ4n) is 3.35. The Kier molecular flexibility index (Phi) is 4.02. The van der Waals surface area contributed by atoms with Crippen LogP contribution in [0.15, 0.2) is 39.7 Å². The molecule has 1 aliphatic carbocycles. The molecule has 2 aliphatic heterocycles. The highest BCUT2D eigenvalue weighted by Crippen LogP contribution is 2.47. The quantitative estimate of drug-likeness (QED) is 0.556. The number of amides is 1. The van der Waals surface area contributed by atoms with Crippen molar-refractivity contribution < 1.29 is 18.7 Å². The van der Waals surface area contributed by atoms with Crippen LogP contribution in [0.1, 0.15) is 36.3 Å². The van der Waals surface area contributed by atoms with Crippen LogP contribution in [0, 0.1) is 5.92 Å². The first kappa shape index (κ1) is 16.9. The Hall–Kier alpha value is -2.25. The largest absolute Gasteiger partial charge is 0.461 e. The minimum Gasteiger partial charge on any atom is -0.461 e. The van der Waals surface area contributed by atoms with Gasteiger partial charge in [-0.15, -0.1) is 0 Å². The van der Waals surface area contributed by atoms with Crippen molar-refractivity contribution in [2.45, 2.75) is 25.8 Å². The fourth-order valence-corrected chi connectivity index (χ4v) is 4.59. The van der Waals surface area contributed by atoms with Crippen LogP contribution in [0.4, 0.5) is 0 Å². The first-order chi connectivity index (χ1) is 13.1. The molecule has 3 heterocycles. The molecule has 1 saturated heterocycles. The molecule has 2 atom stereocenters. The van der Waals surface area contributed by atoms with E-state index in [9.17, 15) is 4.79 Å². The van der Waals surface area contributed by atoms with Gasteiger partial charge >= 0.3 is 0 Å². The summed E-state index contributed by atoms with van der Waals surface area (Å²) in [6.07, 6.45) is 2.96. The Morgan fingerprint density at radius 1 is 1.26 bits per heavy atom. The topological polar surface area (TPSA) is 51.9 Å². The predicted molar refractivity (Wildman–Crippen MR) is 107 cm³/mol. The van der Waals surface area contributed by atoms with Gasteiger partial charge in [0.1, 0.15) is 15.8 Å². The second kappa shape index (κ2) is 6.42. The molecule has 5 rings (SSSR count). The average Bonchev–Trinajstić information content (AvgIpc) is 3.03. The van der Waals surface area contributed by atoms with E-state index >= 15 is 0 Å². The van der Waals surface area contributed by atoms with Crippen molar-refractivity contribution in [1.82, 2.24) is 4.90 Å². The lowest BCUT2D eigenvalue weighted by atomic mass is 10.2. The Labute approximate surface area is 166 Å². The van der Waals surface area contributed by atoms with Crippen LogP contribution in [0.2, 0.25) is 0 Å². The molecule has 0 radical (unpaired) electrons. The Morgan fingerprint density at radius 2 is 2.07 bits per heavy atom. The average molecular weight is 399 g/mol. The van der Waals surface area contributed by atoms with Crippen molar-refractivity contribution in [1.29, 1.82) is 0 Å². The molecule has 2 aromatic rings. The normalized spacial score (nSPS) is 24.9. The molecule has 0 spiro atoms. The molecular weight excluding hydrogens is 382 g/mol. The van der Waals surface area contributed by atoms with E-state index < -0.39 is 0 Å². The number of thioether (sulfide) groups is 1. The molecule has 0 N–H and O–H groups in total. The fraction of sp³-hybridized carbons (Fsp3) is 0.300. The van der Waals surface area contributed by atoms with Crippen LogP contribution in [0.3, 0.4) is 0 Å². The zero-order valence-electron chi connectivity index (χ0n) is 14.6. The van der Waals surface area contributed by atoms with Crippen molar-refractivity contribution in [3.05, 3.63) is 52.3 Å². The molecule has 27 heavy (non-hydrogen) atoms. The maximum absolute atomic E-state index is 12.8. The summed E-state index contributed by atoms with van der Waals surface area (Å²) in [7, 11) is 0. The van der Waals surface area contributed by atoms with E-state index in [1.165, 1.54) is 18.2 Å². The van der Waals surface area contributed by atoms with Crippen molar-refractivity contribution in [3.63, 3.8) is 0 Å². The van der Waals surface area contributed by atoms with Crippen LogP contribution in [-0.2, 0) is 11.3 Å². The highest BCUT2D eigenvalue weighted by molar-refractivity contribution is 8.26. The van der Waals surface area contributed by atoms with E-state index in [-0.39, 0.29) is 12.7 Å². The highest BCUT2D eigenvalue weighted by atomic mass is 32.2. The van der Waals surface area contributed by atoms with Gasteiger partial charge in [-0.3, -0.25) is 9.69 Å². The number of hydrogen-bond acceptors (Lipinski definition) is 6. The molecule has 7 heteroatoms. The number of fused-ring (bicyclic) bond motifs is 1. The van der Waals surface area contributed by atoms with Crippen molar-refractivity contribution in [3.8, 4) is 11.5 Å². The Balaban J connectivity index is 1.33. The third-order valence-corrected chi connectivity index (χ3v) is 6.42. The van der Waals surface area contributed by atoms with Crippen molar-refractivity contribution in [2.75, 3.05) is 6.79 Å². The van der Waals surface area contributed by atoms with Gasteiger partial charge in [0.2, 0.25) is 6.79 Å². The SMILES string of the molecule is C[C@@H]1C[C@H]1c1ccc(/C=C2\SC(=S)N(Cc3ccc4c(c3)OCO4)C2=O)o1. The Bertz CT molecular complexity index is 980. The van der Waals surface area contributed by atoms with Crippen LogP contribution in [0.5, 0.6) is 11.5 Å². The summed E-state index contributed by atoms with van der Waals surface area (Å²) in [4.78, 5) is 15.0. The molecule has 1 saturated carbocycles. The van der Waals surface area contributed by atoms with Gasteiger partial charge in [0.15, 0.2) is 11.5 Å². The van der Waals surface area contributed by atoms with Gasteiger partial charge in [0.05, 0.1) is 11.4 Å². The number of furan rings is 1. The molecular formula is C20H17NO4S2. The molecule has 138 valence electrons. The number of thiocarbonyl (C=S) groups is 1. The molecule has 0 bridgehead atoms. The third-order valence-electron chi connectivity index (χ3n) is 5.05. The predicted octanol–water partition coefficient (Wildman–Crippen LogP) is 4.53. The van der Waals surface area contributed by atoms with E-state index in [0.29, 0.717) is 39.1 Å². The van der Waals surface area contributed by atoms with Crippen LogP contribution >= 0.6 is 24.0 Å². The number of nitrogens with zero attached hydrogens (tertiary/aromatic N) is 1. The summed E-state index contributed by atoms with van der Waals surface area (Å²) >= 11 is 6.73. The van der Waals surface area contributed by atoms with Crippen LogP contribution in [-0.4, -0.2) is 21.9 Å². The smallest absolute Gasteiger partial charge is 0.266 e. The van der Waals surface area contributed by atoms with E-state index in [1.807, 2.05) is 30.3 Å². The van der Waals surface area contributed by atoms with Gasteiger partial charge in [-0.05, 0) is 42.2 Å². The maximum Gasteiger partial charge on any atom is 0.266 e. The summed E-state index contributed by atoms with van der Waals surface area (Å²) in [6, 6.07) is 9.60. The van der Waals surface area contributed by atoms with Crippen LogP contribution in [0.25, 0.3) is 6.08 Å². The minimum absolute atomic E-state index is 0.0968. The van der Waals surface area contributed by atoms with Gasteiger partial charge in [-0.25, -0.2) is 0 Å². The highest BCUT2D eigenvalue weighted by Gasteiger charge is 2.37. The molecule has 1 aromatic carbocycles. The summed E-state index contributed by atoms with van der Waals surface area (Å²) in [5.41, 5.74) is 0.944. The zero-order valence-corrected chi connectivity index (χ0v) is 16.3. The van der Waals surface area contributed by atoms with Gasteiger partial charge in [0, 0.05) is 12.0 Å². The van der Waals surface area contributed by atoms with E-state index in [1.54, 1.807) is 11.0 Å². The van der Waals surface area contributed by atoms with Gasteiger partial charge in [-0.1, -0.05) is 37.0 Å². The number of carbonyl (C=O) groups is 1. The molecule has 1 amide bonds. The second-order valence-corrected chi connectivity index (χ2v) is 8.69. The van der Waals surface area contributed by atoms with E-state index in [4.69, 9.17) is 26.1 Å². The lowest BCUT2D eigenvalue weighted by Gasteiger charge is -2.14. The van der Waals surface area contributed by atoms with Crippen molar-refractivity contribution in [2.24, 2.45) is 5.92 Å². The summed E-state index contributed by atoms with van der Waals surface area (Å²) < 4.78 is 17.2. The van der Waals surface area contributed by atoms with E-state index in [0.717, 1.165) is 17.1 Å². The lowest BCUT2D eigenvalue weighted by Crippen LogP contribution is -2.27. The van der Waals surface area contributed by atoms with Gasteiger partial charge in [-0.2, -0.15) is 0 Å². The maximum atomic E-state index is 12.8. The first-order valence-corrected chi connectivity index (χ1v) is 10.0. The summed E-state index contributed by atoms with van der Waals surface area (Å²) in [5.74, 6) is 4.24. The number of carbonyl (C=O) groups excluding carboxylic acids is 1. The number of ether oxygens (including phenoxy) is 2.